The third-order valence-corrected chi connectivity index (χ3v) is 21.6. The lowest BCUT2D eigenvalue weighted by Gasteiger charge is -2.11. The van der Waals surface area contributed by atoms with Crippen LogP contribution in [-0.2, 0) is 0 Å². The van der Waals surface area contributed by atoms with Crippen molar-refractivity contribution in [3.8, 4) is 78.8 Å². The van der Waals surface area contributed by atoms with Gasteiger partial charge in [0.15, 0.2) is 0 Å². The molecule has 0 N–H and O–H groups in total. The van der Waals surface area contributed by atoms with Crippen LogP contribution in [0, 0.1) is 0 Å². The summed E-state index contributed by atoms with van der Waals surface area (Å²) >= 11 is 0. The third kappa shape index (κ3) is 10.2. The number of fused-ring (bicyclic) bond motifs is 20. The Morgan fingerprint density at radius 1 is 0.200 bits per heavy atom. The van der Waals surface area contributed by atoms with E-state index in [0.717, 1.165) is 188 Å². The van der Waals surface area contributed by atoms with Gasteiger partial charge in [0.25, 0.3) is 0 Å². The Hall–Kier alpha value is -15.2. The van der Waals surface area contributed by atoms with E-state index in [2.05, 4.69) is 255 Å². The molecule has 0 aliphatic heterocycles. The molecule has 0 fully saturated rings. The van der Waals surface area contributed by atoms with Gasteiger partial charge in [0.05, 0.1) is 77.8 Å². The van der Waals surface area contributed by atoms with Crippen LogP contribution in [-0.4, -0.2) is 64.0 Å². The molecule has 0 unspecified atom stereocenters. The van der Waals surface area contributed by atoms with E-state index in [1.165, 1.54) is 32.3 Å². The Labute approximate surface area is 627 Å². The number of aromatic nitrogens is 13. The number of benzene rings is 10. The zero-order valence-corrected chi connectivity index (χ0v) is 58.7. The van der Waals surface area contributed by atoms with Crippen molar-refractivity contribution < 1.29 is 0 Å². The molecular formula is C97H57N13. The molecule has 13 nitrogen and oxygen atoms in total. The Balaban J connectivity index is 0.000000136. The van der Waals surface area contributed by atoms with Crippen molar-refractivity contribution in [1.29, 1.82) is 0 Å². The van der Waals surface area contributed by atoms with Gasteiger partial charge in [-0.3, -0.25) is 49.0 Å². The van der Waals surface area contributed by atoms with E-state index in [1.807, 2.05) is 117 Å². The first kappa shape index (κ1) is 62.2. The van der Waals surface area contributed by atoms with Gasteiger partial charge in [-0.05, 0) is 184 Å². The molecule has 0 saturated heterocycles. The molecule has 110 heavy (non-hydrogen) atoms. The maximum absolute atomic E-state index is 5.13. The quantitative estimate of drug-likeness (QED) is 0.134. The lowest BCUT2D eigenvalue weighted by molar-refractivity contribution is 1.08. The van der Waals surface area contributed by atoms with Crippen molar-refractivity contribution in [1.82, 2.24) is 64.0 Å². The average molecular weight is 1400 g/mol. The van der Waals surface area contributed by atoms with E-state index in [0.29, 0.717) is 0 Å². The van der Waals surface area contributed by atoms with Gasteiger partial charge in [-0.2, -0.15) is 0 Å². The van der Waals surface area contributed by atoms with E-state index in [9.17, 15) is 0 Å². The molecule has 13 heteroatoms. The van der Waals surface area contributed by atoms with Gasteiger partial charge in [-0.15, -0.1) is 0 Å². The lowest BCUT2D eigenvalue weighted by Crippen LogP contribution is -1.97. The van der Waals surface area contributed by atoms with Gasteiger partial charge in [0.1, 0.15) is 11.6 Å². The van der Waals surface area contributed by atoms with Crippen molar-refractivity contribution >= 4 is 141 Å². The topological polar surface area (TPSA) is 152 Å². The fraction of sp³-hybridized carbons (Fsp3) is 0. The molecule has 0 spiro atoms. The molecule has 13 heterocycles. The van der Waals surface area contributed by atoms with Gasteiger partial charge < -0.3 is 0 Å². The minimum absolute atomic E-state index is 0.849. The number of pyridine rings is 11. The predicted octanol–water partition coefficient (Wildman–Crippen LogP) is 23.3. The van der Waals surface area contributed by atoms with Crippen LogP contribution in [0.25, 0.3) is 220 Å². The largest absolute Gasteiger partial charge is 0.294 e. The van der Waals surface area contributed by atoms with Gasteiger partial charge in [0, 0.05) is 155 Å². The molecule has 0 amide bonds. The molecule has 0 aliphatic carbocycles. The smallest absolute Gasteiger partial charge is 0.137 e. The predicted molar refractivity (Wildman–Crippen MR) is 447 cm³/mol. The molecule has 0 aliphatic rings. The molecular weight excluding hydrogens is 1350 g/mol. The zero-order valence-electron chi connectivity index (χ0n) is 58.7. The number of hydrogen-bond donors (Lipinski definition) is 0. The Kier molecular flexibility index (Phi) is 14.3. The lowest BCUT2D eigenvalue weighted by atomic mass is 9.98. The normalized spacial score (nSPS) is 11.8. The van der Waals surface area contributed by atoms with E-state index in [-0.39, 0.29) is 0 Å². The summed E-state index contributed by atoms with van der Waals surface area (Å²) in [7, 11) is 0. The first-order valence-corrected chi connectivity index (χ1v) is 36.6. The Morgan fingerprint density at radius 2 is 0.545 bits per heavy atom. The van der Waals surface area contributed by atoms with Crippen LogP contribution in [0.15, 0.2) is 347 Å². The summed E-state index contributed by atoms with van der Waals surface area (Å²) in [6.45, 7) is 0. The van der Waals surface area contributed by atoms with Crippen molar-refractivity contribution in [3.05, 3.63) is 347 Å². The van der Waals surface area contributed by atoms with E-state index < -0.39 is 0 Å². The highest BCUT2D eigenvalue weighted by Crippen LogP contribution is 2.44. The molecule has 13 aromatic heterocycles. The summed E-state index contributed by atoms with van der Waals surface area (Å²) in [5.74, 6) is 1.70. The van der Waals surface area contributed by atoms with Crippen molar-refractivity contribution in [2.45, 2.75) is 0 Å². The van der Waals surface area contributed by atoms with Crippen molar-refractivity contribution in [3.63, 3.8) is 0 Å². The molecule has 510 valence electrons. The first-order valence-electron chi connectivity index (χ1n) is 36.6. The highest BCUT2D eigenvalue weighted by Gasteiger charge is 2.22. The molecule has 0 bridgehead atoms. The minimum Gasteiger partial charge on any atom is -0.294 e. The summed E-state index contributed by atoms with van der Waals surface area (Å²) in [4.78, 5) is 53.1. The van der Waals surface area contributed by atoms with Crippen LogP contribution in [0.1, 0.15) is 0 Å². The summed E-state index contributed by atoms with van der Waals surface area (Å²) in [6, 6.07) is 99.7. The Bertz CT molecular complexity index is 7710. The number of para-hydroxylation sites is 1. The molecule has 23 rings (SSSR count). The summed E-state index contributed by atoms with van der Waals surface area (Å²) < 4.78 is 4.55. The standard InChI is InChI=1S/C50H29N7.C47H28N6/c1-2-10-36-30(7-1)14-19-44-46(36)41-25-31(42-17-13-34(28-55-42)39-26-32-8-3-21-51-47(32)49-37(39)11-5-23-53-49)15-18-43(41)57(44)45-20-16-35(29-56-45)40-27-33-9-4-22-52-48(33)50-38(40)12-6-24-54-50;1-3-10-35-29(7-1)15-21-43-45(35)38-25-31(39-18-14-34(28-50-39)41-19-13-30-8-2-4-12-40(30)52-41)16-20-42(38)53(43)44-22-17-33(27-51-44)37-26-32-9-5-23-48-46(32)47-36(37)11-6-24-49-47/h1-29H;1-28H. The second-order valence-electron chi connectivity index (χ2n) is 27.8. The van der Waals surface area contributed by atoms with Crippen molar-refractivity contribution in [2.24, 2.45) is 0 Å². The minimum atomic E-state index is 0.849. The van der Waals surface area contributed by atoms with Crippen LogP contribution in [0.4, 0.5) is 0 Å². The van der Waals surface area contributed by atoms with Gasteiger partial charge >= 0.3 is 0 Å². The molecule has 10 aromatic carbocycles. The summed E-state index contributed by atoms with van der Waals surface area (Å²) in [5.41, 5.74) is 22.9. The fourth-order valence-corrected chi connectivity index (χ4v) is 16.5. The summed E-state index contributed by atoms with van der Waals surface area (Å²) in [5, 5.41) is 16.9. The maximum Gasteiger partial charge on any atom is 0.137 e. The van der Waals surface area contributed by atoms with Crippen molar-refractivity contribution in [2.75, 3.05) is 0 Å². The van der Waals surface area contributed by atoms with Crippen LogP contribution < -0.4 is 0 Å². The van der Waals surface area contributed by atoms with Gasteiger partial charge in [-0.1, -0.05) is 140 Å². The zero-order chi connectivity index (χ0) is 72.3. The van der Waals surface area contributed by atoms with Crippen LogP contribution in [0.2, 0.25) is 0 Å². The third-order valence-electron chi connectivity index (χ3n) is 21.6. The molecule has 0 saturated carbocycles. The maximum atomic E-state index is 5.13. The SMILES string of the molecule is c1ccc2c(c1)ccc1c2c2cc(-c3ccc(-c4cc5cccnc5c5ncccc45)cn3)ccc2n1-c1ccc(-c2cc3cccnc3c3ncccc23)cn1.c1ccc2nc(-c3ccc(-c4ccc5c(c4)c4c6ccccc6ccc4n5-c4ccc(-c5cc6cccnc6c6ncccc56)cn4)nc3)ccc2c1. The average Bonchev–Trinajstić information content (AvgIpc) is 1.56. The Morgan fingerprint density at radius 3 is 0.982 bits per heavy atom. The first-order chi connectivity index (χ1) is 54.5. The van der Waals surface area contributed by atoms with Crippen LogP contribution in [0.5, 0.6) is 0 Å². The van der Waals surface area contributed by atoms with Crippen LogP contribution >= 0.6 is 0 Å². The fourth-order valence-electron chi connectivity index (χ4n) is 16.5. The highest BCUT2D eigenvalue weighted by atomic mass is 15.1. The summed E-state index contributed by atoms with van der Waals surface area (Å²) in [6.07, 6.45) is 18.8. The van der Waals surface area contributed by atoms with E-state index >= 15 is 0 Å². The van der Waals surface area contributed by atoms with Gasteiger partial charge in [-0.25, -0.2) is 15.0 Å². The number of nitrogens with zero attached hydrogens (tertiary/aromatic N) is 13. The van der Waals surface area contributed by atoms with Crippen LogP contribution in [0.3, 0.4) is 0 Å². The molecule has 23 aromatic rings. The monoisotopic (exact) mass is 1400 g/mol. The van der Waals surface area contributed by atoms with Gasteiger partial charge in [0.2, 0.25) is 0 Å². The molecule has 0 atom stereocenters. The molecule has 0 radical (unpaired) electrons. The number of rotatable bonds is 8. The highest BCUT2D eigenvalue weighted by molar-refractivity contribution is 6.24. The number of hydrogen-bond acceptors (Lipinski definition) is 11. The second-order valence-corrected chi connectivity index (χ2v) is 27.8. The second kappa shape index (κ2) is 25.3. The van der Waals surface area contributed by atoms with E-state index in [1.54, 1.807) is 0 Å². The van der Waals surface area contributed by atoms with E-state index in [4.69, 9.17) is 39.9 Å².